The van der Waals surface area contributed by atoms with Gasteiger partial charge >= 0.3 is 0 Å². The van der Waals surface area contributed by atoms with Gasteiger partial charge in [-0.1, -0.05) is 34.8 Å². The Morgan fingerprint density at radius 3 is 2.38 bits per heavy atom. The van der Waals surface area contributed by atoms with Gasteiger partial charge in [0.2, 0.25) is 5.91 Å². The normalized spacial score (nSPS) is 11.2. The van der Waals surface area contributed by atoms with Crippen molar-refractivity contribution in [3.8, 4) is 17.2 Å². The summed E-state index contributed by atoms with van der Waals surface area (Å²) in [6.07, 6.45) is 2.97. The third-order valence-corrected chi connectivity index (χ3v) is 5.80. The number of nitrogens with zero attached hydrogens (tertiary/aromatic N) is 3. The van der Waals surface area contributed by atoms with Gasteiger partial charge in [-0.2, -0.15) is 4.80 Å². The summed E-state index contributed by atoms with van der Waals surface area (Å²) in [7, 11) is 3.05. The number of ether oxygens (including phenoxy) is 2. The molecule has 1 amide bonds. The van der Waals surface area contributed by atoms with E-state index in [1.165, 1.54) is 18.0 Å². The maximum atomic E-state index is 12.6. The van der Waals surface area contributed by atoms with Gasteiger partial charge in [0.15, 0.2) is 0 Å². The third-order valence-electron chi connectivity index (χ3n) is 5.01. The van der Waals surface area contributed by atoms with Gasteiger partial charge in [-0.25, -0.2) is 0 Å². The van der Waals surface area contributed by atoms with E-state index in [2.05, 4.69) is 15.5 Å². The third kappa shape index (κ3) is 4.97. The molecule has 0 bridgehead atoms. The SMILES string of the molecule is COc1ccc(-n2nc3cc(C)c(NC(=O)C=Cc4cc(Cl)cc(Cl)c4OC)cc3n2)cc1Cl. The zero-order valence-electron chi connectivity index (χ0n) is 18.4. The van der Waals surface area contributed by atoms with E-state index in [1.54, 1.807) is 49.6 Å². The minimum atomic E-state index is -0.338. The van der Waals surface area contributed by atoms with E-state index in [0.29, 0.717) is 54.5 Å². The van der Waals surface area contributed by atoms with Crippen LogP contribution in [0.15, 0.2) is 48.5 Å². The van der Waals surface area contributed by atoms with Gasteiger partial charge in [0.1, 0.15) is 22.5 Å². The molecule has 34 heavy (non-hydrogen) atoms. The molecule has 0 aliphatic heterocycles. The number of carbonyl (C=O) groups is 1. The molecule has 1 N–H and O–H groups in total. The summed E-state index contributed by atoms with van der Waals surface area (Å²) >= 11 is 18.4. The number of fused-ring (bicyclic) bond motifs is 1. The maximum Gasteiger partial charge on any atom is 0.248 e. The fourth-order valence-electron chi connectivity index (χ4n) is 3.36. The Morgan fingerprint density at radius 2 is 1.71 bits per heavy atom. The highest BCUT2D eigenvalue weighted by atomic mass is 35.5. The fraction of sp³-hybridized carbons (Fsp3) is 0.125. The van der Waals surface area contributed by atoms with Crippen LogP contribution in [-0.4, -0.2) is 35.1 Å². The molecule has 0 spiro atoms. The topological polar surface area (TPSA) is 78.3 Å². The first-order valence-electron chi connectivity index (χ1n) is 10.0. The van der Waals surface area contributed by atoms with Crippen LogP contribution in [0, 0.1) is 6.92 Å². The molecule has 0 fully saturated rings. The number of aromatic nitrogens is 3. The number of halogens is 3. The van der Waals surface area contributed by atoms with Crippen LogP contribution in [0.4, 0.5) is 5.69 Å². The molecule has 174 valence electrons. The number of hydrogen-bond donors (Lipinski definition) is 1. The molecule has 1 aromatic heterocycles. The lowest BCUT2D eigenvalue weighted by atomic mass is 10.1. The molecule has 7 nitrogen and oxygen atoms in total. The molecule has 0 unspecified atom stereocenters. The number of carbonyl (C=O) groups excluding carboxylic acids is 1. The zero-order chi connectivity index (χ0) is 24.4. The average Bonchev–Trinajstić information content (AvgIpc) is 3.20. The standard InChI is InChI=1S/C24H19Cl3N4O3/c1-13-8-20-21(30-31(29-20)16-5-6-22(33-2)17(26)11-16)12-19(13)28-23(32)7-4-14-9-15(25)10-18(27)24(14)34-3/h4-12H,1-3H3,(H,28,32). The second kappa shape index (κ2) is 9.93. The number of nitrogens with one attached hydrogen (secondary N) is 1. The highest BCUT2D eigenvalue weighted by molar-refractivity contribution is 6.36. The van der Waals surface area contributed by atoms with Crippen molar-refractivity contribution in [2.24, 2.45) is 0 Å². The molecule has 0 atom stereocenters. The lowest BCUT2D eigenvalue weighted by molar-refractivity contribution is -0.111. The van der Waals surface area contributed by atoms with Crippen molar-refractivity contribution in [1.29, 1.82) is 0 Å². The van der Waals surface area contributed by atoms with Crippen molar-refractivity contribution in [3.05, 3.63) is 74.7 Å². The summed E-state index contributed by atoms with van der Waals surface area (Å²) in [5.41, 5.74) is 4.00. The summed E-state index contributed by atoms with van der Waals surface area (Å²) in [4.78, 5) is 14.1. The molecule has 0 saturated carbocycles. The van der Waals surface area contributed by atoms with E-state index in [9.17, 15) is 4.79 Å². The van der Waals surface area contributed by atoms with E-state index in [-0.39, 0.29) is 5.91 Å². The van der Waals surface area contributed by atoms with Crippen molar-refractivity contribution in [2.45, 2.75) is 6.92 Å². The summed E-state index contributed by atoms with van der Waals surface area (Å²) < 4.78 is 10.5. The van der Waals surface area contributed by atoms with Gasteiger partial charge in [-0.05, 0) is 61.0 Å². The smallest absolute Gasteiger partial charge is 0.248 e. The average molecular weight is 518 g/mol. The van der Waals surface area contributed by atoms with Gasteiger partial charge < -0.3 is 14.8 Å². The lowest BCUT2D eigenvalue weighted by Crippen LogP contribution is -2.09. The van der Waals surface area contributed by atoms with E-state index < -0.39 is 0 Å². The van der Waals surface area contributed by atoms with E-state index >= 15 is 0 Å². The number of benzene rings is 3. The van der Waals surface area contributed by atoms with Crippen LogP contribution in [0.2, 0.25) is 15.1 Å². The van der Waals surface area contributed by atoms with Crippen molar-refractivity contribution >= 4 is 63.5 Å². The minimum absolute atomic E-state index is 0.338. The quantitative estimate of drug-likeness (QED) is 0.301. The first kappa shape index (κ1) is 23.9. The van der Waals surface area contributed by atoms with Crippen LogP contribution < -0.4 is 14.8 Å². The summed E-state index contributed by atoms with van der Waals surface area (Å²) in [5, 5.41) is 13.1. The van der Waals surface area contributed by atoms with Crippen molar-refractivity contribution < 1.29 is 14.3 Å². The molecule has 0 aliphatic carbocycles. The number of rotatable bonds is 6. The zero-order valence-corrected chi connectivity index (χ0v) is 20.7. The second-order valence-electron chi connectivity index (χ2n) is 7.30. The van der Waals surface area contributed by atoms with Crippen molar-refractivity contribution in [3.63, 3.8) is 0 Å². The van der Waals surface area contributed by atoms with Gasteiger partial charge in [0.05, 0.1) is 30.0 Å². The van der Waals surface area contributed by atoms with Gasteiger partial charge in [-0.3, -0.25) is 4.79 Å². The molecule has 0 radical (unpaired) electrons. The molecular weight excluding hydrogens is 499 g/mol. The Hall–Kier alpha value is -3.26. The van der Waals surface area contributed by atoms with Crippen LogP contribution in [0.1, 0.15) is 11.1 Å². The molecule has 3 aromatic carbocycles. The Morgan fingerprint density at radius 1 is 0.971 bits per heavy atom. The summed E-state index contributed by atoms with van der Waals surface area (Å²) in [5.74, 6) is 0.659. The van der Waals surface area contributed by atoms with Gasteiger partial charge in [0.25, 0.3) is 0 Å². The molecular formula is C24H19Cl3N4O3. The Bertz CT molecular complexity index is 1430. The van der Waals surface area contributed by atoms with Crippen LogP contribution in [-0.2, 0) is 4.79 Å². The predicted molar refractivity (Wildman–Crippen MR) is 136 cm³/mol. The summed E-state index contributed by atoms with van der Waals surface area (Å²) in [6, 6.07) is 12.1. The second-order valence-corrected chi connectivity index (χ2v) is 8.55. The Balaban J connectivity index is 1.58. The summed E-state index contributed by atoms with van der Waals surface area (Å²) in [6.45, 7) is 1.88. The monoisotopic (exact) mass is 516 g/mol. The van der Waals surface area contributed by atoms with E-state index in [0.717, 1.165) is 5.56 Å². The Kier molecular flexibility index (Phi) is 6.97. The predicted octanol–water partition coefficient (Wildman–Crippen LogP) is 6.36. The van der Waals surface area contributed by atoms with Crippen molar-refractivity contribution in [2.75, 3.05) is 19.5 Å². The fourth-order valence-corrected chi connectivity index (χ4v) is 4.20. The van der Waals surface area contributed by atoms with Gasteiger partial charge in [-0.15, -0.1) is 10.2 Å². The molecule has 1 heterocycles. The van der Waals surface area contributed by atoms with Crippen LogP contribution in [0.3, 0.4) is 0 Å². The first-order chi connectivity index (χ1) is 16.3. The Labute approximate surface area is 210 Å². The first-order valence-corrected chi connectivity index (χ1v) is 11.2. The maximum absolute atomic E-state index is 12.6. The molecule has 0 saturated heterocycles. The number of aryl methyl sites for hydroxylation is 1. The van der Waals surface area contributed by atoms with Gasteiger partial charge in [0, 0.05) is 22.3 Å². The lowest BCUT2D eigenvalue weighted by Gasteiger charge is -2.08. The van der Waals surface area contributed by atoms with Crippen LogP contribution in [0.5, 0.6) is 11.5 Å². The number of anilines is 1. The molecule has 0 aliphatic rings. The number of hydrogen-bond acceptors (Lipinski definition) is 5. The van der Waals surface area contributed by atoms with Crippen LogP contribution in [0.25, 0.3) is 22.8 Å². The van der Waals surface area contributed by atoms with E-state index in [4.69, 9.17) is 44.3 Å². The number of methoxy groups -OCH3 is 2. The minimum Gasteiger partial charge on any atom is -0.495 e. The molecule has 4 rings (SSSR count). The van der Waals surface area contributed by atoms with E-state index in [1.807, 2.05) is 13.0 Å². The number of amides is 1. The van der Waals surface area contributed by atoms with Crippen molar-refractivity contribution in [1.82, 2.24) is 15.0 Å². The van der Waals surface area contributed by atoms with Crippen LogP contribution >= 0.6 is 34.8 Å². The molecule has 10 heteroatoms. The highest BCUT2D eigenvalue weighted by Gasteiger charge is 2.12. The molecule has 4 aromatic rings. The highest BCUT2D eigenvalue weighted by Crippen LogP contribution is 2.33. The largest absolute Gasteiger partial charge is 0.495 e.